The van der Waals surface area contributed by atoms with Crippen molar-refractivity contribution in [1.82, 2.24) is 0 Å². The molecule has 0 aliphatic heterocycles. The van der Waals surface area contributed by atoms with Gasteiger partial charge in [0.2, 0.25) is 6.29 Å². The standard InChI is InChI=1S/C16H27NO6/c1-3-5-13(22-12(18)4-2)23-16(21)14(17)10-6-8-11(9-7-10)15(19)20/h10-11,13-14H,3-9,17H2,1-2H3,(H,19,20). The highest BCUT2D eigenvalue weighted by molar-refractivity contribution is 5.76. The number of hydrogen-bond acceptors (Lipinski definition) is 6. The van der Waals surface area contributed by atoms with E-state index in [0.717, 1.165) is 0 Å². The first kappa shape index (κ1) is 19.4. The third-order valence-corrected chi connectivity index (χ3v) is 4.22. The highest BCUT2D eigenvalue weighted by Crippen LogP contribution is 2.31. The van der Waals surface area contributed by atoms with Crippen molar-refractivity contribution in [3.05, 3.63) is 0 Å². The van der Waals surface area contributed by atoms with Gasteiger partial charge >= 0.3 is 17.9 Å². The molecule has 7 heteroatoms. The zero-order chi connectivity index (χ0) is 17.4. The molecule has 7 nitrogen and oxygen atoms in total. The lowest BCUT2D eigenvalue weighted by molar-refractivity contribution is -0.190. The van der Waals surface area contributed by atoms with E-state index in [1.807, 2.05) is 6.92 Å². The molecule has 0 spiro atoms. The van der Waals surface area contributed by atoms with Gasteiger partial charge in [-0.3, -0.25) is 14.4 Å². The van der Waals surface area contributed by atoms with Gasteiger partial charge in [-0.15, -0.1) is 0 Å². The number of carboxylic acid groups (broad SMARTS) is 1. The SMILES string of the molecule is CCCC(OC(=O)CC)OC(=O)C(N)C1CCC(C(=O)O)CC1. The molecule has 1 aliphatic carbocycles. The number of hydrogen-bond donors (Lipinski definition) is 2. The van der Waals surface area contributed by atoms with Crippen molar-refractivity contribution >= 4 is 17.9 Å². The first-order chi connectivity index (χ1) is 10.9. The molecule has 0 aromatic carbocycles. The third-order valence-electron chi connectivity index (χ3n) is 4.22. The van der Waals surface area contributed by atoms with E-state index in [1.165, 1.54) is 0 Å². The van der Waals surface area contributed by atoms with Gasteiger partial charge in [-0.25, -0.2) is 0 Å². The van der Waals surface area contributed by atoms with Crippen LogP contribution in [-0.2, 0) is 23.9 Å². The van der Waals surface area contributed by atoms with Crippen LogP contribution in [0.2, 0.25) is 0 Å². The smallest absolute Gasteiger partial charge is 0.326 e. The molecular formula is C16H27NO6. The summed E-state index contributed by atoms with van der Waals surface area (Å²) in [5.41, 5.74) is 5.96. The molecule has 0 bridgehead atoms. The minimum absolute atomic E-state index is 0.0951. The predicted molar refractivity (Wildman–Crippen MR) is 82.2 cm³/mol. The van der Waals surface area contributed by atoms with Gasteiger partial charge in [-0.05, 0) is 38.0 Å². The van der Waals surface area contributed by atoms with Crippen LogP contribution in [0.25, 0.3) is 0 Å². The molecule has 1 aliphatic rings. The van der Waals surface area contributed by atoms with E-state index in [-0.39, 0.29) is 18.3 Å². The molecule has 0 amide bonds. The number of ether oxygens (including phenoxy) is 2. The van der Waals surface area contributed by atoms with Gasteiger partial charge in [-0.2, -0.15) is 0 Å². The zero-order valence-corrected chi connectivity index (χ0v) is 13.8. The molecule has 0 aromatic heterocycles. The first-order valence-corrected chi connectivity index (χ1v) is 8.27. The van der Waals surface area contributed by atoms with E-state index in [9.17, 15) is 14.4 Å². The number of esters is 2. The number of nitrogens with two attached hydrogens (primary N) is 1. The lowest BCUT2D eigenvalue weighted by atomic mass is 9.79. The number of aliphatic carboxylic acids is 1. The van der Waals surface area contributed by atoms with Crippen LogP contribution >= 0.6 is 0 Å². The molecule has 3 N–H and O–H groups in total. The minimum atomic E-state index is -0.902. The van der Waals surface area contributed by atoms with E-state index >= 15 is 0 Å². The van der Waals surface area contributed by atoms with Crippen LogP contribution in [0.15, 0.2) is 0 Å². The van der Waals surface area contributed by atoms with Crippen LogP contribution in [0.1, 0.15) is 58.8 Å². The van der Waals surface area contributed by atoms with Gasteiger partial charge < -0.3 is 20.3 Å². The number of carboxylic acids is 1. The van der Waals surface area contributed by atoms with Crippen molar-refractivity contribution in [1.29, 1.82) is 0 Å². The Morgan fingerprint density at radius 3 is 2.22 bits per heavy atom. The second kappa shape index (κ2) is 9.50. The van der Waals surface area contributed by atoms with Crippen molar-refractivity contribution in [2.45, 2.75) is 71.1 Å². The number of carbonyl (C=O) groups excluding carboxylic acids is 2. The Labute approximate surface area is 136 Å². The molecule has 1 fully saturated rings. The van der Waals surface area contributed by atoms with Gasteiger partial charge in [0.05, 0.1) is 5.92 Å². The Balaban J connectivity index is 2.51. The molecule has 0 heterocycles. The van der Waals surface area contributed by atoms with Crippen LogP contribution < -0.4 is 5.73 Å². The number of rotatable bonds is 8. The zero-order valence-electron chi connectivity index (χ0n) is 13.8. The summed E-state index contributed by atoms with van der Waals surface area (Å²) in [4.78, 5) is 34.4. The van der Waals surface area contributed by atoms with Gasteiger partial charge in [-0.1, -0.05) is 13.8 Å². The Bertz CT molecular complexity index is 417. The summed E-state index contributed by atoms with van der Waals surface area (Å²) >= 11 is 0. The van der Waals surface area contributed by atoms with Crippen LogP contribution in [0.3, 0.4) is 0 Å². The van der Waals surface area contributed by atoms with Gasteiger partial charge in [0, 0.05) is 12.8 Å². The molecule has 0 saturated heterocycles. The van der Waals surface area contributed by atoms with E-state index in [4.69, 9.17) is 20.3 Å². The van der Waals surface area contributed by atoms with E-state index in [2.05, 4.69) is 0 Å². The van der Waals surface area contributed by atoms with Crippen molar-refractivity contribution in [3.8, 4) is 0 Å². The Kier molecular flexibility index (Phi) is 8.02. The highest BCUT2D eigenvalue weighted by Gasteiger charge is 2.34. The fourth-order valence-electron chi connectivity index (χ4n) is 2.73. The lowest BCUT2D eigenvalue weighted by Gasteiger charge is -2.30. The van der Waals surface area contributed by atoms with Crippen LogP contribution in [0, 0.1) is 11.8 Å². The van der Waals surface area contributed by atoms with E-state index in [0.29, 0.717) is 38.5 Å². The molecule has 23 heavy (non-hydrogen) atoms. The van der Waals surface area contributed by atoms with Crippen molar-refractivity contribution in [2.24, 2.45) is 17.6 Å². The lowest BCUT2D eigenvalue weighted by Crippen LogP contribution is -2.43. The Morgan fingerprint density at radius 2 is 1.74 bits per heavy atom. The molecule has 0 aromatic rings. The molecule has 0 radical (unpaired) electrons. The average molecular weight is 329 g/mol. The summed E-state index contributed by atoms with van der Waals surface area (Å²) in [6, 6.07) is -0.815. The first-order valence-electron chi connectivity index (χ1n) is 8.27. The molecule has 2 unspecified atom stereocenters. The molecule has 1 rings (SSSR count). The maximum atomic E-state index is 12.2. The van der Waals surface area contributed by atoms with Crippen LogP contribution in [0.4, 0.5) is 0 Å². The molecule has 1 saturated carbocycles. The Morgan fingerprint density at radius 1 is 1.13 bits per heavy atom. The minimum Gasteiger partial charge on any atom is -0.481 e. The Hall–Kier alpha value is -1.63. The number of carbonyl (C=O) groups is 3. The third kappa shape index (κ3) is 6.17. The summed E-state index contributed by atoms with van der Waals surface area (Å²) in [6.07, 6.45) is 2.64. The average Bonchev–Trinajstić information content (AvgIpc) is 2.54. The van der Waals surface area contributed by atoms with Crippen molar-refractivity contribution < 1.29 is 29.0 Å². The second-order valence-electron chi connectivity index (χ2n) is 5.97. The van der Waals surface area contributed by atoms with Gasteiger partial charge in [0.15, 0.2) is 0 Å². The van der Waals surface area contributed by atoms with Crippen LogP contribution in [-0.4, -0.2) is 35.3 Å². The fraction of sp³-hybridized carbons (Fsp3) is 0.812. The summed E-state index contributed by atoms with van der Waals surface area (Å²) in [5.74, 6) is -2.26. The van der Waals surface area contributed by atoms with E-state index < -0.39 is 30.2 Å². The van der Waals surface area contributed by atoms with Crippen molar-refractivity contribution in [2.75, 3.05) is 0 Å². The molecular weight excluding hydrogens is 302 g/mol. The quantitative estimate of drug-likeness (QED) is 0.515. The molecule has 132 valence electrons. The van der Waals surface area contributed by atoms with Gasteiger partial charge in [0.1, 0.15) is 6.04 Å². The topological polar surface area (TPSA) is 116 Å². The maximum Gasteiger partial charge on any atom is 0.326 e. The molecule has 2 atom stereocenters. The maximum absolute atomic E-state index is 12.2. The monoisotopic (exact) mass is 329 g/mol. The highest BCUT2D eigenvalue weighted by atomic mass is 16.7. The van der Waals surface area contributed by atoms with Gasteiger partial charge in [0.25, 0.3) is 0 Å². The summed E-state index contributed by atoms with van der Waals surface area (Å²) in [7, 11) is 0. The van der Waals surface area contributed by atoms with E-state index in [1.54, 1.807) is 6.92 Å². The fourth-order valence-corrected chi connectivity index (χ4v) is 2.73. The van der Waals surface area contributed by atoms with Crippen molar-refractivity contribution in [3.63, 3.8) is 0 Å². The summed E-state index contributed by atoms with van der Waals surface area (Å²) < 4.78 is 10.3. The summed E-state index contributed by atoms with van der Waals surface area (Å²) in [6.45, 7) is 3.56. The largest absolute Gasteiger partial charge is 0.481 e. The second-order valence-corrected chi connectivity index (χ2v) is 5.97. The predicted octanol–water partition coefficient (Wildman–Crippen LogP) is 1.83. The normalized spacial score (nSPS) is 23.6. The van der Waals surface area contributed by atoms with Crippen LogP contribution in [0.5, 0.6) is 0 Å². The summed E-state index contributed by atoms with van der Waals surface area (Å²) in [5, 5.41) is 8.99.